The summed E-state index contributed by atoms with van der Waals surface area (Å²) >= 11 is 0. The van der Waals surface area contributed by atoms with E-state index in [9.17, 15) is 9.18 Å². The average molecular weight is 258 g/mol. The molecule has 0 aliphatic carbocycles. The van der Waals surface area contributed by atoms with E-state index in [1.165, 1.54) is 12.1 Å². The molecule has 4 heteroatoms. The average Bonchev–Trinajstić information content (AvgIpc) is 2.46. The summed E-state index contributed by atoms with van der Waals surface area (Å²) in [5, 5.41) is 0. The van der Waals surface area contributed by atoms with Gasteiger partial charge < -0.3 is 0 Å². The van der Waals surface area contributed by atoms with Crippen LogP contribution in [0.2, 0.25) is 0 Å². The summed E-state index contributed by atoms with van der Waals surface area (Å²) in [6.07, 6.45) is 0. The Kier molecular flexibility index (Phi) is 4.26. The Labute approximate surface area is 111 Å². The molecular weight excluding hydrogens is 243 g/mol. The Balaban J connectivity index is 1.92. The van der Waals surface area contributed by atoms with Crippen molar-refractivity contribution in [2.24, 2.45) is 0 Å². The third-order valence-corrected chi connectivity index (χ3v) is 2.81. The SMILES string of the molecule is C[C@H](NNC(=O)c1ccccc1)c1ccc(F)cc1. The Morgan fingerprint density at radius 3 is 2.32 bits per heavy atom. The van der Waals surface area contributed by atoms with E-state index in [0.29, 0.717) is 5.56 Å². The summed E-state index contributed by atoms with van der Waals surface area (Å²) < 4.78 is 12.8. The third-order valence-electron chi connectivity index (χ3n) is 2.81. The van der Waals surface area contributed by atoms with Crippen molar-refractivity contribution in [1.29, 1.82) is 0 Å². The molecule has 2 aromatic rings. The zero-order valence-electron chi connectivity index (χ0n) is 10.6. The molecule has 0 aromatic heterocycles. The van der Waals surface area contributed by atoms with Gasteiger partial charge in [0, 0.05) is 11.6 Å². The molecule has 0 fully saturated rings. The van der Waals surface area contributed by atoms with Gasteiger partial charge in [0.25, 0.3) is 5.91 Å². The lowest BCUT2D eigenvalue weighted by Gasteiger charge is -2.15. The molecule has 2 rings (SSSR count). The van der Waals surface area contributed by atoms with Crippen LogP contribution in [-0.2, 0) is 0 Å². The van der Waals surface area contributed by atoms with Crippen LogP contribution in [0, 0.1) is 5.82 Å². The molecule has 0 spiro atoms. The highest BCUT2D eigenvalue weighted by Gasteiger charge is 2.08. The van der Waals surface area contributed by atoms with Gasteiger partial charge in [0.15, 0.2) is 0 Å². The van der Waals surface area contributed by atoms with Gasteiger partial charge in [-0.2, -0.15) is 0 Å². The molecule has 0 heterocycles. The first-order chi connectivity index (χ1) is 9.16. The largest absolute Gasteiger partial charge is 0.287 e. The Hall–Kier alpha value is -2.20. The van der Waals surface area contributed by atoms with Gasteiger partial charge in [0.2, 0.25) is 0 Å². The number of hydrogen-bond acceptors (Lipinski definition) is 2. The number of carbonyl (C=O) groups excluding carboxylic acids is 1. The zero-order valence-corrected chi connectivity index (χ0v) is 10.6. The lowest BCUT2D eigenvalue weighted by molar-refractivity contribution is 0.0926. The van der Waals surface area contributed by atoms with Gasteiger partial charge in [-0.05, 0) is 36.8 Å². The Morgan fingerprint density at radius 2 is 1.68 bits per heavy atom. The van der Waals surface area contributed by atoms with Crippen molar-refractivity contribution in [3.63, 3.8) is 0 Å². The molecular formula is C15H15FN2O. The normalized spacial score (nSPS) is 11.9. The lowest BCUT2D eigenvalue weighted by Crippen LogP contribution is -2.39. The Morgan fingerprint density at radius 1 is 1.05 bits per heavy atom. The maximum absolute atomic E-state index is 12.8. The van der Waals surface area contributed by atoms with Crippen molar-refractivity contribution in [3.05, 3.63) is 71.5 Å². The van der Waals surface area contributed by atoms with Crippen LogP contribution < -0.4 is 10.9 Å². The van der Waals surface area contributed by atoms with E-state index in [4.69, 9.17) is 0 Å². The van der Waals surface area contributed by atoms with E-state index in [1.807, 2.05) is 13.0 Å². The zero-order chi connectivity index (χ0) is 13.7. The monoisotopic (exact) mass is 258 g/mol. The molecule has 98 valence electrons. The number of hydrogen-bond donors (Lipinski definition) is 2. The number of nitrogens with one attached hydrogen (secondary N) is 2. The highest BCUT2D eigenvalue weighted by atomic mass is 19.1. The van der Waals surface area contributed by atoms with Crippen LogP contribution in [0.1, 0.15) is 28.9 Å². The highest BCUT2D eigenvalue weighted by Crippen LogP contribution is 2.11. The number of halogens is 1. The first-order valence-corrected chi connectivity index (χ1v) is 6.03. The molecule has 0 bridgehead atoms. The minimum atomic E-state index is -0.274. The van der Waals surface area contributed by atoms with Crippen LogP contribution in [-0.4, -0.2) is 5.91 Å². The van der Waals surface area contributed by atoms with E-state index in [1.54, 1.807) is 36.4 Å². The summed E-state index contributed by atoms with van der Waals surface area (Å²) in [6, 6.07) is 15.0. The van der Waals surface area contributed by atoms with Gasteiger partial charge in [-0.25, -0.2) is 9.82 Å². The number of amides is 1. The van der Waals surface area contributed by atoms with Crippen molar-refractivity contribution >= 4 is 5.91 Å². The fraction of sp³-hybridized carbons (Fsp3) is 0.133. The summed E-state index contributed by atoms with van der Waals surface area (Å²) in [4.78, 5) is 11.8. The topological polar surface area (TPSA) is 41.1 Å². The predicted octanol–water partition coefficient (Wildman–Crippen LogP) is 2.82. The second-order valence-corrected chi connectivity index (χ2v) is 4.24. The Bertz CT molecular complexity index is 540. The second kappa shape index (κ2) is 6.11. The minimum Gasteiger partial charge on any atom is -0.287 e. The molecule has 0 saturated heterocycles. The van der Waals surface area contributed by atoms with Crippen LogP contribution in [0.3, 0.4) is 0 Å². The highest BCUT2D eigenvalue weighted by molar-refractivity contribution is 5.93. The van der Waals surface area contributed by atoms with Gasteiger partial charge >= 0.3 is 0 Å². The van der Waals surface area contributed by atoms with Gasteiger partial charge in [0.05, 0.1) is 0 Å². The summed E-state index contributed by atoms with van der Waals surface area (Å²) in [5.74, 6) is -0.473. The maximum Gasteiger partial charge on any atom is 0.265 e. The van der Waals surface area contributed by atoms with Crippen molar-refractivity contribution in [3.8, 4) is 0 Å². The van der Waals surface area contributed by atoms with E-state index < -0.39 is 0 Å². The first-order valence-electron chi connectivity index (χ1n) is 6.03. The molecule has 0 aliphatic heterocycles. The predicted molar refractivity (Wildman–Crippen MR) is 71.9 cm³/mol. The fourth-order valence-corrected chi connectivity index (χ4v) is 1.67. The van der Waals surface area contributed by atoms with Crippen molar-refractivity contribution in [1.82, 2.24) is 10.9 Å². The van der Waals surface area contributed by atoms with Gasteiger partial charge in [-0.3, -0.25) is 10.2 Å². The van der Waals surface area contributed by atoms with Gasteiger partial charge in [-0.15, -0.1) is 0 Å². The first kappa shape index (κ1) is 13.2. The number of hydrazine groups is 1. The molecule has 0 radical (unpaired) electrons. The second-order valence-electron chi connectivity index (χ2n) is 4.24. The van der Waals surface area contributed by atoms with Crippen LogP contribution >= 0.6 is 0 Å². The van der Waals surface area contributed by atoms with Crippen molar-refractivity contribution in [2.45, 2.75) is 13.0 Å². The molecule has 2 aromatic carbocycles. The van der Waals surface area contributed by atoms with Crippen LogP contribution in [0.5, 0.6) is 0 Å². The van der Waals surface area contributed by atoms with Gasteiger partial charge in [-0.1, -0.05) is 30.3 Å². The lowest BCUT2D eigenvalue weighted by atomic mass is 10.1. The van der Waals surface area contributed by atoms with Crippen LogP contribution in [0.15, 0.2) is 54.6 Å². The van der Waals surface area contributed by atoms with Crippen molar-refractivity contribution < 1.29 is 9.18 Å². The number of carbonyl (C=O) groups is 1. The molecule has 0 saturated carbocycles. The number of rotatable bonds is 4. The van der Waals surface area contributed by atoms with E-state index >= 15 is 0 Å². The molecule has 3 nitrogen and oxygen atoms in total. The molecule has 0 unspecified atom stereocenters. The van der Waals surface area contributed by atoms with Crippen molar-refractivity contribution in [2.75, 3.05) is 0 Å². The fourth-order valence-electron chi connectivity index (χ4n) is 1.67. The van der Waals surface area contributed by atoms with Gasteiger partial charge in [0.1, 0.15) is 5.82 Å². The molecule has 2 N–H and O–H groups in total. The maximum atomic E-state index is 12.8. The standard InChI is InChI=1S/C15H15FN2O/c1-11(12-7-9-14(16)10-8-12)17-18-15(19)13-5-3-2-4-6-13/h2-11,17H,1H3,(H,18,19)/t11-/m0/s1. The van der Waals surface area contributed by atoms with Crippen LogP contribution in [0.4, 0.5) is 4.39 Å². The number of benzene rings is 2. The summed E-state index contributed by atoms with van der Waals surface area (Å²) in [5.41, 5.74) is 7.01. The summed E-state index contributed by atoms with van der Waals surface area (Å²) in [7, 11) is 0. The molecule has 1 atom stereocenters. The third kappa shape index (κ3) is 3.63. The molecule has 1 amide bonds. The quantitative estimate of drug-likeness (QED) is 0.828. The molecule has 0 aliphatic rings. The minimum absolute atomic E-state index is 0.103. The van der Waals surface area contributed by atoms with E-state index in [-0.39, 0.29) is 17.8 Å². The van der Waals surface area contributed by atoms with Crippen LogP contribution in [0.25, 0.3) is 0 Å². The molecule has 19 heavy (non-hydrogen) atoms. The smallest absolute Gasteiger partial charge is 0.265 e. The van der Waals surface area contributed by atoms with E-state index in [2.05, 4.69) is 10.9 Å². The van der Waals surface area contributed by atoms with E-state index in [0.717, 1.165) is 5.56 Å². The summed E-state index contributed by atoms with van der Waals surface area (Å²) in [6.45, 7) is 1.89.